The Kier molecular flexibility index (Phi) is 6.42. The van der Waals surface area contributed by atoms with Crippen LogP contribution in [0.3, 0.4) is 0 Å². The summed E-state index contributed by atoms with van der Waals surface area (Å²) in [7, 11) is 0. The Morgan fingerprint density at radius 2 is 1.86 bits per heavy atom. The number of rotatable bonds is 3. The van der Waals surface area contributed by atoms with E-state index in [0.717, 1.165) is 31.9 Å². The van der Waals surface area contributed by atoms with Crippen LogP contribution in [0.15, 0.2) is 42.6 Å². The lowest BCUT2D eigenvalue weighted by Gasteiger charge is -2.28. The Morgan fingerprint density at radius 1 is 1.07 bits per heavy atom. The van der Waals surface area contributed by atoms with Gasteiger partial charge >= 0.3 is 0 Å². The summed E-state index contributed by atoms with van der Waals surface area (Å²) in [6.07, 6.45) is 2.47. The van der Waals surface area contributed by atoms with Crippen LogP contribution in [0.2, 0.25) is 5.02 Å². The number of halogens is 1. The summed E-state index contributed by atoms with van der Waals surface area (Å²) in [4.78, 5) is 33.6. The number of hydrogen-bond acceptors (Lipinski definition) is 4. The largest absolute Gasteiger partial charge is 0.355 e. The first-order valence-corrected chi connectivity index (χ1v) is 10.2. The van der Waals surface area contributed by atoms with Crippen molar-refractivity contribution in [2.75, 3.05) is 36.4 Å². The lowest BCUT2D eigenvalue weighted by molar-refractivity contribution is -0.139. The molecule has 2 aromatic rings. The van der Waals surface area contributed by atoms with Gasteiger partial charge in [0, 0.05) is 48.5 Å². The van der Waals surface area contributed by atoms with Gasteiger partial charge in [0.2, 0.25) is 5.91 Å². The van der Waals surface area contributed by atoms with Gasteiger partial charge in [0.05, 0.1) is 5.56 Å². The van der Waals surface area contributed by atoms with Crippen LogP contribution < -0.4 is 10.2 Å². The molecule has 7 heteroatoms. The molecule has 1 aliphatic heterocycles. The third-order valence-electron chi connectivity index (χ3n) is 4.84. The molecular weight excluding hydrogens is 388 g/mol. The number of aromatic nitrogens is 1. The molecular formula is C22H27ClN4O2. The molecule has 2 amide bonds. The Labute approximate surface area is 176 Å². The number of amides is 2. The summed E-state index contributed by atoms with van der Waals surface area (Å²) in [5, 5.41) is 3.39. The molecule has 154 valence electrons. The number of nitrogens with zero attached hydrogens (tertiary/aromatic N) is 3. The molecule has 1 aromatic heterocycles. The second-order valence-corrected chi connectivity index (χ2v) is 8.69. The van der Waals surface area contributed by atoms with Crippen LogP contribution in [0.5, 0.6) is 0 Å². The molecule has 0 radical (unpaired) electrons. The fourth-order valence-electron chi connectivity index (χ4n) is 3.30. The van der Waals surface area contributed by atoms with Crippen molar-refractivity contribution in [1.82, 2.24) is 9.88 Å². The van der Waals surface area contributed by atoms with E-state index in [9.17, 15) is 9.59 Å². The first-order chi connectivity index (χ1) is 13.7. The van der Waals surface area contributed by atoms with E-state index in [0.29, 0.717) is 22.8 Å². The van der Waals surface area contributed by atoms with Gasteiger partial charge in [0.25, 0.3) is 5.91 Å². The van der Waals surface area contributed by atoms with Gasteiger partial charge in [-0.15, -0.1) is 0 Å². The average Bonchev–Trinajstić information content (AvgIpc) is 2.93. The SMILES string of the molecule is CC(C)(C)C(=O)N1CCCN(c2ccc(C(=O)Nc3cccc(Cl)c3)cn2)CC1. The van der Waals surface area contributed by atoms with Gasteiger partial charge in [-0.3, -0.25) is 9.59 Å². The molecule has 0 bridgehead atoms. The predicted molar refractivity (Wildman–Crippen MR) is 117 cm³/mol. The fraction of sp³-hybridized carbons (Fsp3) is 0.409. The Bertz CT molecular complexity index is 877. The van der Waals surface area contributed by atoms with Crippen LogP contribution in [0.1, 0.15) is 37.6 Å². The molecule has 0 saturated carbocycles. The van der Waals surface area contributed by atoms with E-state index < -0.39 is 0 Å². The molecule has 29 heavy (non-hydrogen) atoms. The first kappa shape index (κ1) is 21.1. The number of benzene rings is 1. The molecule has 1 saturated heterocycles. The number of carbonyl (C=O) groups excluding carboxylic acids is 2. The lowest BCUT2D eigenvalue weighted by atomic mass is 9.94. The lowest BCUT2D eigenvalue weighted by Crippen LogP contribution is -2.41. The van der Waals surface area contributed by atoms with Gasteiger partial charge < -0.3 is 15.1 Å². The maximum absolute atomic E-state index is 12.5. The van der Waals surface area contributed by atoms with Crippen molar-refractivity contribution in [2.45, 2.75) is 27.2 Å². The average molecular weight is 415 g/mol. The molecule has 1 N–H and O–H groups in total. The van der Waals surface area contributed by atoms with E-state index in [1.165, 1.54) is 0 Å². The molecule has 0 atom stereocenters. The maximum Gasteiger partial charge on any atom is 0.257 e. The quantitative estimate of drug-likeness (QED) is 0.822. The summed E-state index contributed by atoms with van der Waals surface area (Å²) < 4.78 is 0. The van der Waals surface area contributed by atoms with Gasteiger partial charge in [0.1, 0.15) is 5.82 Å². The van der Waals surface area contributed by atoms with E-state index in [2.05, 4.69) is 15.2 Å². The zero-order valence-electron chi connectivity index (χ0n) is 17.1. The van der Waals surface area contributed by atoms with E-state index in [-0.39, 0.29) is 17.2 Å². The number of carbonyl (C=O) groups is 2. The van der Waals surface area contributed by atoms with E-state index in [1.54, 1.807) is 36.5 Å². The normalized spacial score (nSPS) is 15.0. The monoisotopic (exact) mass is 414 g/mol. The molecule has 0 aliphatic carbocycles. The Hall–Kier alpha value is -2.60. The van der Waals surface area contributed by atoms with Crippen molar-refractivity contribution >= 4 is 34.9 Å². The van der Waals surface area contributed by atoms with Crippen LogP contribution in [-0.2, 0) is 4.79 Å². The summed E-state index contributed by atoms with van der Waals surface area (Å²) in [6, 6.07) is 10.6. The van der Waals surface area contributed by atoms with Crippen LogP contribution in [0.25, 0.3) is 0 Å². The van der Waals surface area contributed by atoms with Crippen molar-refractivity contribution < 1.29 is 9.59 Å². The van der Waals surface area contributed by atoms with Crippen molar-refractivity contribution in [3.63, 3.8) is 0 Å². The van der Waals surface area contributed by atoms with Gasteiger partial charge in [-0.1, -0.05) is 38.4 Å². The highest BCUT2D eigenvalue weighted by Crippen LogP contribution is 2.21. The maximum atomic E-state index is 12.5. The minimum Gasteiger partial charge on any atom is -0.355 e. The van der Waals surface area contributed by atoms with E-state index in [4.69, 9.17) is 11.6 Å². The molecule has 0 spiro atoms. The molecule has 1 aromatic carbocycles. The number of hydrogen-bond donors (Lipinski definition) is 1. The van der Waals surface area contributed by atoms with Gasteiger partial charge in [0.15, 0.2) is 0 Å². The van der Waals surface area contributed by atoms with Crippen LogP contribution in [0, 0.1) is 5.41 Å². The third kappa shape index (κ3) is 5.48. The third-order valence-corrected chi connectivity index (χ3v) is 5.08. The minimum atomic E-state index is -0.370. The molecule has 2 heterocycles. The summed E-state index contributed by atoms with van der Waals surface area (Å²) >= 11 is 5.96. The Morgan fingerprint density at radius 3 is 2.52 bits per heavy atom. The molecule has 1 aliphatic rings. The smallest absolute Gasteiger partial charge is 0.257 e. The number of pyridine rings is 1. The fourth-order valence-corrected chi connectivity index (χ4v) is 3.49. The minimum absolute atomic E-state index is 0.181. The van der Waals surface area contributed by atoms with Crippen molar-refractivity contribution in [3.8, 4) is 0 Å². The number of anilines is 2. The second kappa shape index (κ2) is 8.82. The summed E-state index contributed by atoms with van der Waals surface area (Å²) in [6.45, 7) is 8.84. The van der Waals surface area contributed by atoms with Gasteiger partial charge in [-0.2, -0.15) is 0 Å². The number of nitrogens with one attached hydrogen (secondary N) is 1. The summed E-state index contributed by atoms with van der Waals surface area (Å²) in [5.74, 6) is 0.763. The van der Waals surface area contributed by atoms with Crippen LogP contribution in [0.4, 0.5) is 11.5 Å². The Balaban J connectivity index is 1.62. The first-order valence-electron chi connectivity index (χ1n) is 9.81. The molecule has 6 nitrogen and oxygen atoms in total. The highest BCUT2D eigenvalue weighted by molar-refractivity contribution is 6.30. The highest BCUT2D eigenvalue weighted by Gasteiger charge is 2.28. The van der Waals surface area contributed by atoms with Gasteiger partial charge in [-0.05, 0) is 36.8 Å². The van der Waals surface area contributed by atoms with Crippen LogP contribution >= 0.6 is 11.6 Å². The van der Waals surface area contributed by atoms with Crippen molar-refractivity contribution in [2.24, 2.45) is 5.41 Å². The zero-order valence-corrected chi connectivity index (χ0v) is 17.9. The predicted octanol–water partition coefficient (Wildman–Crippen LogP) is 4.07. The van der Waals surface area contributed by atoms with E-state index >= 15 is 0 Å². The van der Waals surface area contributed by atoms with E-state index in [1.807, 2.05) is 31.7 Å². The summed E-state index contributed by atoms with van der Waals surface area (Å²) in [5.41, 5.74) is 0.751. The van der Waals surface area contributed by atoms with Crippen molar-refractivity contribution in [3.05, 3.63) is 53.2 Å². The molecule has 0 unspecified atom stereocenters. The van der Waals surface area contributed by atoms with Gasteiger partial charge in [-0.25, -0.2) is 4.98 Å². The second-order valence-electron chi connectivity index (χ2n) is 8.25. The molecule has 3 rings (SSSR count). The van der Waals surface area contributed by atoms with Crippen molar-refractivity contribution in [1.29, 1.82) is 0 Å². The topological polar surface area (TPSA) is 65.5 Å². The molecule has 1 fully saturated rings. The highest BCUT2D eigenvalue weighted by atomic mass is 35.5. The zero-order chi connectivity index (χ0) is 21.0. The van der Waals surface area contributed by atoms with Crippen LogP contribution in [-0.4, -0.2) is 47.9 Å². The standard InChI is InChI=1S/C22H27ClN4O2/c1-22(2,3)21(29)27-11-5-10-26(12-13-27)19-9-8-16(15-24-19)20(28)25-18-7-4-6-17(23)14-18/h4,6-9,14-15H,5,10-13H2,1-3H3,(H,25,28).